The first-order valence-electron chi connectivity index (χ1n) is 9.71. The van der Waals surface area contributed by atoms with Crippen molar-refractivity contribution in [2.24, 2.45) is 5.73 Å². The first-order chi connectivity index (χ1) is 13.0. The second-order valence-corrected chi connectivity index (χ2v) is 7.12. The largest absolute Gasteiger partial charge is 0.463 e. The van der Waals surface area contributed by atoms with Gasteiger partial charge in [-0.25, -0.2) is 4.79 Å². The van der Waals surface area contributed by atoms with Crippen molar-refractivity contribution >= 4 is 11.9 Å². The van der Waals surface area contributed by atoms with Crippen LogP contribution in [0.5, 0.6) is 0 Å². The third-order valence-electron chi connectivity index (χ3n) is 5.04. The molecule has 1 aliphatic heterocycles. The van der Waals surface area contributed by atoms with Crippen molar-refractivity contribution in [1.29, 1.82) is 0 Å². The van der Waals surface area contributed by atoms with Crippen LogP contribution < -0.4 is 11.1 Å². The number of rotatable bonds is 8. The maximum Gasteiger partial charge on any atom is 0.333 e. The highest BCUT2D eigenvalue weighted by atomic mass is 16.5. The van der Waals surface area contributed by atoms with Gasteiger partial charge in [0.1, 0.15) is 0 Å². The molecule has 2 rings (SSSR count). The minimum absolute atomic E-state index is 0.101. The van der Waals surface area contributed by atoms with Crippen LogP contribution in [0.2, 0.25) is 0 Å². The zero-order chi connectivity index (χ0) is 19.8. The minimum atomic E-state index is -0.349. The lowest BCUT2D eigenvalue weighted by Crippen LogP contribution is -2.62. The Hall–Kier alpha value is -1.48. The van der Waals surface area contributed by atoms with Gasteiger partial charge in [0.15, 0.2) is 0 Å². The van der Waals surface area contributed by atoms with E-state index in [0.717, 1.165) is 25.9 Å². The number of nitrogens with two attached hydrogens (primary N) is 1. The first kappa shape index (κ1) is 21.8. The Balaban J connectivity index is 2.16. The van der Waals surface area contributed by atoms with Gasteiger partial charge in [0.25, 0.3) is 0 Å². The summed E-state index contributed by atoms with van der Waals surface area (Å²) in [6, 6.07) is -0.762. The summed E-state index contributed by atoms with van der Waals surface area (Å²) in [5, 5.41) is 2.97. The van der Waals surface area contributed by atoms with Crippen molar-refractivity contribution in [3.63, 3.8) is 0 Å². The summed E-state index contributed by atoms with van der Waals surface area (Å²) in [6.07, 6.45) is 4.38. The van der Waals surface area contributed by atoms with Crippen LogP contribution in [0.3, 0.4) is 0 Å². The number of amides is 1. The number of carbonyl (C=O) groups is 2. The van der Waals surface area contributed by atoms with E-state index < -0.39 is 0 Å². The Kier molecular flexibility index (Phi) is 8.69. The van der Waals surface area contributed by atoms with Gasteiger partial charge in [-0.1, -0.05) is 6.08 Å². The third kappa shape index (κ3) is 6.27. The van der Waals surface area contributed by atoms with E-state index in [1.165, 1.54) is 6.92 Å². The number of ether oxygens (including phenoxy) is 3. The van der Waals surface area contributed by atoms with Crippen molar-refractivity contribution in [3.8, 4) is 0 Å². The third-order valence-corrected chi connectivity index (χ3v) is 5.04. The molecule has 1 heterocycles. The monoisotopic (exact) mass is 383 g/mol. The molecule has 154 valence electrons. The van der Waals surface area contributed by atoms with Gasteiger partial charge in [-0.2, -0.15) is 0 Å². The maximum atomic E-state index is 12.2. The van der Waals surface area contributed by atoms with E-state index in [-0.39, 0.29) is 36.1 Å². The molecular weight excluding hydrogens is 350 g/mol. The number of carbonyl (C=O) groups excluding carboxylic acids is 2. The summed E-state index contributed by atoms with van der Waals surface area (Å²) >= 11 is 0. The van der Waals surface area contributed by atoms with Crippen LogP contribution in [0.1, 0.15) is 33.1 Å². The van der Waals surface area contributed by atoms with Crippen LogP contribution in [-0.2, 0) is 23.8 Å². The predicted octanol–water partition coefficient (Wildman–Crippen LogP) is 0.208. The van der Waals surface area contributed by atoms with Gasteiger partial charge in [0.05, 0.1) is 38.0 Å². The molecule has 0 aromatic carbocycles. The number of likely N-dealkylation sites (tertiary alicyclic amines) is 1. The molecule has 1 aliphatic carbocycles. The molecule has 8 heteroatoms. The normalized spacial score (nSPS) is 29.1. The molecular formula is C19H33N3O5. The van der Waals surface area contributed by atoms with Gasteiger partial charge in [-0.15, -0.1) is 0 Å². The van der Waals surface area contributed by atoms with Crippen LogP contribution in [0.4, 0.5) is 0 Å². The molecule has 27 heavy (non-hydrogen) atoms. The zero-order valence-electron chi connectivity index (χ0n) is 16.6. The lowest BCUT2D eigenvalue weighted by atomic mass is 9.85. The molecule has 3 N–H and O–H groups in total. The summed E-state index contributed by atoms with van der Waals surface area (Å²) in [5.41, 5.74) is 6.93. The average Bonchev–Trinajstić information content (AvgIpc) is 2.63. The Morgan fingerprint density at radius 1 is 1.37 bits per heavy atom. The lowest BCUT2D eigenvalue weighted by Gasteiger charge is -2.44. The maximum absolute atomic E-state index is 12.2. The number of hydrogen-bond acceptors (Lipinski definition) is 7. The van der Waals surface area contributed by atoms with E-state index in [4.69, 9.17) is 19.9 Å². The van der Waals surface area contributed by atoms with Gasteiger partial charge in [0.2, 0.25) is 5.91 Å². The number of piperidine rings is 1. The van der Waals surface area contributed by atoms with Gasteiger partial charge in [0, 0.05) is 32.2 Å². The van der Waals surface area contributed by atoms with Gasteiger partial charge in [-0.05, 0) is 32.7 Å². The number of nitrogens with one attached hydrogen (secondary N) is 1. The smallest absolute Gasteiger partial charge is 0.333 e. The molecule has 0 aromatic rings. The van der Waals surface area contributed by atoms with E-state index in [1.807, 2.05) is 6.08 Å². The van der Waals surface area contributed by atoms with E-state index in [9.17, 15) is 9.59 Å². The van der Waals surface area contributed by atoms with Gasteiger partial charge >= 0.3 is 5.97 Å². The zero-order valence-corrected chi connectivity index (χ0v) is 16.6. The molecule has 0 bridgehead atoms. The second kappa shape index (κ2) is 10.8. The van der Waals surface area contributed by atoms with Crippen molar-refractivity contribution in [3.05, 3.63) is 11.6 Å². The Bertz CT molecular complexity index is 539. The molecule has 4 atom stereocenters. The number of esters is 1. The Morgan fingerprint density at radius 3 is 2.81 bits per heavy atom. The highest BCUT2D eigenvalue weighted by Crippen LogP contribution is 2.26. The van der Waals surface area contributed by atoms with E-state index in [2.05, 4.69) is 10.2 Å². The van der Waals surface area contributed by atoms with Crippen LogP contribution in [-0.4, -0.2) is 81.0 Å². The molecule has 1 fully saturated rings. The van der Waals surface area contributed by atoms with Crippen molar-refractivity contribution in [2.75, 3.05) is 40.0 Å². The highest BCUT2D eigenvalue weighted by Gasteiger charge is 2.38. The summed E-state index contributed by atoms with van der Waals surface area (Å²) in [5.74, 6) is -0.456. The molecule has 0 aromatic heterocycles. The van der Waals surface area contributed by atoms with Crippen LogP contribution in [0.15, 0.2) is 11.6 Å². The SMILES string of the molecule is CCOC(=O)C1=C[C@@H](N2CCC[C@H](OCCOC)C2)[C@H](NC(C)=O)[C@@H](N)C1. The molecule has 0 spiro atoms. The first-order valence-corrected chi connectivity index (χ1v) is 9.71. The molecule has 1 amide bonds. The van der Waals surface area contributed by atoms with Crippen LogP contribution in [0.25, 0.3) is 0 Å². The second-order valence-electron chi connectivity index (χ2n) is 7.12. The Morgan fingerprint density at radius 2 is 2.15 bits per heavy atom. The van der Waals surface area contributed by atoms with Crippen LogP contribution >= 0.6 is 0 Å². The average molecular weight is 383 g/mol. The fourth-order valence-electron chi connectivity index (χ4n) is 3.82. The van der Waals surface area contributed by atoms with Crippen molar-refractivity contribution in [2.45, 2.75) is 57.3 Å². The topological polar surface area (TPSA) is 103 Å². The lowest BCUT2D eigenvalue weighted by molar-refractivity contribution is -0.138. The fraction of sp³-hybridized carbons (Fsp3) is 0.789. The minimum Gasteiger partial charge on any atom is -0.463 e. The standard InChI is InChI=1S/C19H33N3O5/c1-4-26-19(24)14-10-16(20)18(21-13(2)23)17(11-14)22-7-5-6-15(12-22)27-9-8-25-3/h11,15-18H,4-10,12,20H2,1-3H3,(H,21,23)/t15-,16-,17+,18+/m0/s1. The summed E-state index contributed by atoms with van der Waals surface area (Å²) in [7, 11) is 1.65. The number of hydrogen-bond donors (Lipinski definition) is 2. The van der Waals surface area contributed by atoms with Gasteiger partial charge in [-0.3, -0.25) is 9.69 Å². The summed E-state index contributed by atoms with van der Waals surface area (Å²) in [4.78, 5) is 26.2. The molecule has 0 saturated carbocycles. The fourth-order valence-corrected chi connectivity index (χ4v) is 3.82. The molecule has 8 nitrogen and oxygen atoms in total. The van der Waals surface area contributed by atoms with E-state index in [1.54, 1.807) is 14.0 Å². The van der Waals surface area contributed by atoms with E-state index >= 15 is 0 Å². The Labute approximate surface area is 161 Å². The van der Waals surface area contributed by atoms with Crippen molar-refractivity contribution < 1.29 is 23.8 Å². The van der Waals surface area contributed by atoms with Gasteiger partial charge < -0.3 is 25.3 Å². The molecule has 0 unspecified atom stereocenters. The summed E-state index contributed by atoms with van der Waals surface area (Å²) < 4.78 is 16.1. The predicted molar refractivity (Wildman–Crippen MR) is 101 cm³/mol. The molecule has 2 aliphatic rings. The number of nitrogens with zero attached hydrogens (tertiary/aromatic N) is 1. The van der Waals surface area contributed by atoms with Crippen LogP contribution in [0, 0.1) is 0 Å². The summed E-state index contributed by atoms with van der Waals surface area (Å²) in [6.45, 7) is 6.30. The molecule has 0 radical (unpaired) electrons. The number of methoxy groups -OCH3 is 1. The van der Waals surface area contributed by atoms with Crippen molar-refractivity contribution in [1.82, 2.24) is 10.2 Å². The van der Waals surface area contributed by atoms with E-state index in [0.29, 0.717) is 31.8 Å². The highest BCUT2D eigenvalue weighted by molar-refractivity contribution is 5.89. The molecule has 1 saturated heterocycles. The quantitative estimate of drug-likeness (QED) is 0.456.